The highest BCUT2D eigenvalue weighted by molar-refractivity contribution is 5.92. The number of amides is 1. The van der Waals surface area contributed by atoms with E-state index in [0.717, 1.165) is 0 Å². The average Bonchev–Trinajstić information content (AvgIpc) is 3.01. The van der Waals surface area contributed by atoms with Crippen molar-refractivity contribution in [3.8, 4) is 23.0 Å². The van der Waals surface area contributed by atoms with E-state index in [0.29, 0.717) is 28.7 Å². The Bertz CT molecular complexity index is 686. The molecule has 0 radical (unpaired) electrons. The molecule has 6 nitrogen and oxygen atoms in total. The number of hydrogen-bond acceptors (Lipinski definition) is 5. The van der Waals surface area contributed by atoms with Crippen LogP contribution in [0.5, 0.6) is 23.0 Å². The van der Waals surface area contributed by atoms with Crippen molar-refractivity contribution >= 4 is 11.6 Å². The number of nitrogens with one attached hydrogen (secondary N) is 1. The van der Waals surface area contributed by atoms with Gasteiger partial charge in [0.15, 0.2) is 18.1 Å². The van der Waals surface area contributed by atoms with Gasteiger partial charge in [0.2, 0.25) is 6.79 Å². The normalized spacial score (nSPS) is 11.9. The zero-order chi connectivity index (χ0) is 15.4. The van der Waals surface area contributed by atoms with Crippen molar-refractivity contribution in [1.29, 1.82) is 0 Å². The molecule has 114 valence electrons. The molecule has 2 aromatic carbocycles. The summed E-state index contributed by atoms with van der Waals surface area (Å²) in [4.78, 5) is 11.9. The Hall–Kier alpha value is -2.89. The molecule has 1 amide bonds. The van der Waals surface area contributed by atoms with Crippen molar-refractivity contribution in [1.82, 2.24) is 0 Å². The van der Waals surface area contributed by atoms with Crippen LogP contribution in [0.25, 0.3) is 0 Å². The smallest absolute Gasteiger partial charge is 0.262 e. The predicted octanol–water partition coefficient (Wildman–Crippen LogP) is 2.44. The Morgan fingerprint density at radius 2 is 1.95 bits per heavy atom. The van der Waals surface area contributed by atoms with E-state index < -0.39 is 0 Å². The molecule has 1 aliphatic heterocycles. The van der Waals surface area contributed by atoms with Gasteiger partial charge < -0.3 is 24.3 Å². The van der Waals surface area contributed by atoms with Gasteiger partial charge in [-0.3, -0.25) is 4.79 Å². The fourth-order valence-corrected chi connectivity index (χ4v) is 2.01. The molecule has 0 unspecified atom stereocenters. The van der Waals surface area contributed by atoms with Gasteiger partial charge in [0, 0.05) is 17.8 Å². The molecule has 0 atom stereocenters. The number of carbonyl (C=O) groups excluding carboxylic acids is 1. The molecule has 1 N–H and O–H groups in total. The van der Waals surface area contributed by atoms with E-state index in [1.54, 1.807) is 49.6 Å². The highest BCUT2D eigenvalue weighted by Crippen LogP contribution is 2.34. The second kappa shape index (κ2) is 6.26. The van der Waals surface area contributed by atoms with Crippen LogP contribution in [-0.4, -0.2) is 26.4 Å². The van der Waals surface area contributed by atoms with Crippen molar-refractivity contribution in [2.24, 2.45) is 0 Å². The summed E-state index contributed by atoms with van der Waals surface area (Å²) in [6.07, 6.45) is 0. The molecule has 3 rings (SSSR count). The zero-order valence-electron chi connectivity index (χ0n) is 12.0. The lowest BCUT2D eigenvalue weighted by molar-refractivity contribution is -0.118. The monoisotopic (exact) mass is 301 g/mol. The third kappa shape index (κ3) is 3.22. The van der Waals surface area contributed by atoms with Crippen LogP contribution >= 0.6 is 0 Å². The molecule has 0 saturated heterocycles. The summed E-state index contributed by atoms with van der Waals surface area (Å²) >= 11 is 0. The number of ether oxygens (including phenoxy) is 4. The second-order valence-corrected chi connectivity index (χ2v) is 4.58. The van der Waals surface area contributed by atoms with Crippen molar-refractivity contribution in [3.05, 3.63) is 42.5 Å². The number of benzene rings is 2. The van der Waals surface area contributed by atoms with Crippen LogP contribution in [0.4, 0.5) is 5.69 Å². The van der Waals surface area contributed by atoms with Crippen molar-refractivity contribution in [2.75, 3.05) is 25.8 Å². The largest absolute Gasteiger partial charge is 0.497 e. The maximum absolute atomic E-state index is 11.9. The van der Waals surface area contributed by atoms with E-state index in [2.05, 4.69) is 5.32 Å². The third-order valence-electron chi connectivity index (χ3n) is 3.07. The summed E-state index contributed by atoms with van der Waals surface area (Å²) in [5, 5.41) is 2.74. The Labute approximate surface area is 127 Å². The van der Waals surface area contributed by atoms with Crippen molar-refractivity contribution in [2.45, 2.75) is 0 Å². The summed E-state index contributed by atoms with van der Waals surface area (Å²) in [5.74, 6) is 2.27. The number of hydrogen-bond donors (Lipinski definition) is 1. The average molecular weight is 301 g/mol. The molecular weight excluding hydrogens is 286 g/mol. The summed E-state index contributed by atoms with van der Waals surface area (Å²) in [6, 6.07) is 12.3. The summed E-state index contributed by atoms with van der Waals surface area (Å²) in [5.41, 5.74) is 0.628. The quantitative estimate of drug-likeness (QED) is 0.919. The number of rotatable bonds is 5. The third-order valence-corrected chi connectivity index (χ3v) is 3.07. The minimum Gasteiger partial charge on any atom is -0.497 e. The first kappa shape index (κ1) is 14.1. The van der Waals surface area contributed by atoms with E-state index in [1.807, 2.05) is 0 Å². The Balaban J connectivity index is 1.56. The molecule has 0 saturated carbocycles. The highest BCUT2D eigenvalue weighted by atomic mass is 16.7. The SMILES string of the molecule is COc1cccc(OCC(=O)Nc2ccc3c(c2)OCO3)c1. The first-order valence-corrected chi connectivity index (χ1v) is 6.71. The molecule has 0 fully saturated rings. The van der Waals surface area contributed by atoms with Gasteiger partial charge in [-0.2, -0.15) is 0 Å². The highest BCUT2D eigenvalue weighted by Gasteiger charge is 2.14. The molecule has 0 aliphatic carbocycles. The first-order valence-electron chi connectivity index (χ1n) is 6.71. The van der Waals surface area contributed by atoms with Gasteiger partial charge in [-0.15, -0.1) is 0 Å². The molecule has 22 heavy (non-hydrogen) atoms. The number of fused-ring (bicyclic) bond motifs is 1. The van der Waals surface area contributed by atoms with Gasteiger partial charge in [0.25, 0.3) is 5.91 Å². The molecule has 0 spiro atoms. The maximum atomic E-state index is 11.9. The van der Waals surface area contributed by atoms with Crippen LogP contribution < -0.4 is 24.3 Å². The summed E-state index contributed by atoms with van der Waals surface area (Å²) in [7, 11) is 1.57. The van der Waals surface area contributed by atoms with E-state index in [1.165, 1.54) is 0 Å². The lowest BCUT2D eigenvalue weighted by Gasteiger charge is -2.09. The van der Waals surface area contributed by atoms with Crippen molar-refractivity contribution < 1.29 is 23.7 Å². The molecular formula is C16H15NO5. The van der Waals surface area contributed by atoms with Crippen molar-refractivity contribution in [3.63, 3.8) is 0 Å². The fraction of sp³-hybridized carbons (Fsp3) is 0.188. The Morgan fingerprint density at radius 1 is 1.14 bits per heavy atom. The number of anilines is 1. The fourth-order valence-electron chi connectivity index (χ4n) is 2.01. The van der Waals surface area contributed by atoms with Crippen LogP contribution in [0.1, 0.15) is 0 Å². The molecule has 1 aliphatic rings. The minimum atomic E-state index is -0.262. The number of methoxy groups -OCH3 is 1. The van der Waals surface area contributed by atoms with Crippen LogP contribution in [-0.2, 0) is 4.79 Å². The molecule has 1 heterocycles. The Morgan fingerprint density at radius 3 is 2.82 bits per heavy atom. The van der Waals surface area contributed by atoms with Crippen LogP contribution in [0.3, 0.4) is 0 Å². The Kier molecular flexibility index (Phi) is 4.00. The van der Waals surface area contributed by atoms with Crippen LogP contribution in [0.15, 0.2) is 42.5 Å². The van der Waals surface area contributed by atoms with Crippen LogP contribution in [0, 0.1) is 0 Å². The zero-order valence-corrected chi connectivity index (χ0v) is 12.0. The molecule has 0 bridgehead atoms. The van der Waals surface area contributed by atoms with Gasteiger partial charge in [0.05, 0.1) is 7.11 Å². The lowest BCUT2D eigenvalue weighted by atomic mass is 10.3. The molecule has 2 aromatic rings. The van der Waals surface area contributed by atoms with Gasteiger partial charge in [-0.05, 0) is 24.3 Å². The molecule has 6 heteroatoms. The van der Waals surface area contributed by atoms with Gasteiger partial charge in [-0.1, -0.05) is 6.07 Å². The minimum absolute atomic E-state index is 0.0956. The van der Waals surface area contributed by atoms with E-state index >= 15 is 0 Å². The topological polar surface area (TPSA) is 66.0 Å². The van der Waals surface area contributed by atoms with Gasteiger partial charge in [-0.25, -0.2) is 0 Å². The van der Waals surface area contributed by atoms with E-state index in [4.69, 9.17) is 18.9 Å². The van der Waals surface area contributed by atoms with Gasteiger partial charge in [0.1, 0.15) is 11.5 Å². The lowest BCUT2D eigenvalue weighted by Crippen LogP contribution is -2.20. The molecule has 0 aromatic heterocycles. The van der Waals surface area contributed by atoms with Gasteiger partial charge >= 0.3 is 0 Å². The van der Waals surface area contributed by atoms with E-state index in [-0.39, 0.29) is 19.3 Å². The standard InChI is InChI=1S/C16H15NO5/c1-19-12-3-2-4-13(8-12)20-9-16(18)17-11-5-6-14-15(7-11)22-10-21-14/h2-8H,9-10H2,1H3,(H,17,18). The second-order valence-electron chi connectivity index (χ2n) is 4.58. The first-order chi connectivity index (χ1) is 10.7. The maximum Gasteiger partial charge on any atom is 0.262 e. The summed E-state index contributed by atoms with van der Waals surface area (Å²) in [6.45, 7) is 0.104. The summed E-state index contributed by atoms with van der Waals surface area (Å²) < 4.78 is 21.0. The van der Waals surface area contributed by atoms with Crippen LogP contribution in [0.2, 0.25) is 0 Å². The van der Waals surface area contributed by atoms with E-state index in [9.17, 15) is 4.79 Å². The predicted molar refractivity (Wildman–Crippen MR) is 79.7 cm³/mol. The number of carbonyl (C=O) groups is 1.